The average molecular weight is 378 g/mol. The summed E-state index contributed by atoms with van der Waals surface area (Å²) in [6.07, 6.45) is 1.10. The Bertz CT molecular complexity index is 1010. The van der Waals surface area contributed by atoms with Crippen molar-refractivity contribution < 1.29 is 17.6 Å². The van der Waals surface area contributed by atoms with Gasteiger partial charge in [-0.3, -0.25) is 10.1 Å². The van der Waals surface area contributed by atoms with Crippen molar-refractivity contribution >= 4 is 33.4 Å². The smallest absolute Gasteiger partial charge is 0.322 e. The number of carbonyl (C=O) groups excluding carboxylic acids is 1. The molecule has 1 N–H and O–H groups in total. The van der Waals surface area contributed by atoms with Gasteiger partial charge in [-0.15, -0.1) is 5.10 Å². The van der Waals surface area contributed by atoms with Crippen LogP contribution >= 0.6 is 11.6 Å². The number of halogens is 1. The van der Waals surface area contributed by atoms with E-state index in [0.717, 1.165) is 6.26 Å². The molecule has 0 fully saturated rings. The molecule has 0 atom stereocenters. The van der Waals surface area contributed by atoms with E-state index in [0.29, 0.717) is 10.6 Å². The molecule has 0 saturated heterocycles. The summed E-state index contributed by atoms with van der Waals surface area (Å²) >= 11 is 5.82. The Hall–Kier alpha value is -2.71. The van der Waals surface area contributed by atoms with Crippen LogP contribution in [0.1, 0.15) is 10.4 Å². The highest BCUT2D eigenvalue weighted by atomic mass is 35.5. The Morgan fingerprint density at radius 3 is 2.28 bits per heavy atom. The van der Waals surface area contributed by atoms with Crippen LogP contribution in [0.2, 0.25) is 5.02 Å². The average Bonchev–Trinajstić information content (AvgIpc) is 3.03. The predicted octanol–water partition coefficient (Wildman–Crippen LogP) is 3.05. The van der Waals surface area contributed by atoms with E-state index in [1.54, 1.807) is 24.3 Å². The standard InChI is InChI=1S/C16H12ClN3O4S/c1-25(22,23)13-8-4-10(5-9-13)14(21)18-16-20-19-15(24-16)11-2-6-12(17)7-3-11/h2-9H,1H3,(H,18,20,21). The second kappa shape index (κ2) is 6.66. The maximum atomic E-state index is 12.2. The third-order valence-corrected chi connectivity index (χ3v) is 4.66. The van der Waals surface area contributed by atoms with Gasteiger partial charge >= 0.3 is 6.01 Å². The van der Waals surface area contributed by atoms with Gasteiger partial charge in [0, 0.05) is 22.4 Å². The van der Waals surface area contributed by atoms with Crippen LogP contribution in [0.3, 0.4) is 0 Å². The van der Waals surface area contributed by atoms with Gasteiger partial charge in [0.05, 0.1) is 4.90 Å². The first kappa shape index (κ1) is 17.1. The van der Waals surface area contributed by atoms with Gasteiger partial charge in [0.1, 0.15) is 0 Å². The summed E-state index contributed by atoms with van der Waals surface area (Å²) in [6, 6.07) is 12.3. The van der Waals surface area contributed by atoms with Gasteiger partial charge in [-0.25, -0.2) is 8.42 Å². The SMILES string of the molecule is CS(=O)(=O)c1ccc(C(=O)Nc2nnc(-c3ccc(Cl)cc3)o2)cc1. The molecule has 0 aliphatic rings. The number of carbonyl (C=O) groups is 1. The monoisotopic (exact) mass is 377 g/mol. The molecule has 1 aromatic heterocycles. The zero-order chi connectivity index (χ0) is 18.0. The first-order chi connectivity index (χ1) is 11.8. The molecule has 0 unspecified atom stereocenters. The van der Waals surface area contributed by atoms with E-state index in [2.05, 4.69) is 15.5 Å². The minimum absolute atomic E-state index is 0.0675. The van der Waals surface area contributed by atoms with Crippen LogP contribution in [-0.4, -0.2) is 30.8 Å². The first-order valence-corrected chi connectivity index (χ1v) is 9.31. The van der Waals surface area contributed by atoms with Crippen molar-refractivity contribution in [3.8, 4) is 11.5 Å². The summed E-state index contributed by atoms with van der Waals surface area (Å²) in [5.74, 6) is -0.259. The molecule has 1 amide bonds. The molecule has 0 aliphatic carbocycles. The summed E-state index contributed by atoms with van der Waals surface area (Å²) in [7, 11) is -3.32. The molecular weight excluding hydrogens is 366 g/mol. The minimum Gasteiger partial charge on any atom is -0.403 e. The molecule has 0 spiro atoms. The van der Waals surface area contributed by atoms with Gasteiger partial charge in [-0.05, 0) is 48.5 Å². The van der Waals surface area contributed by atoms with Crippen molar-refractivity contribution in [2.24, 2.45) is 0 Å². The molecule has 128 valence electrons. The Labute approximate surface area is 148 Å². The molecule has 3 rings (SSSR count). The zero-order valence-corrected chi connectivity index (χ0v) is 14.5. The van der Waals surface area contributed by atoms with Crippen LogP contribution in [0.25, 0.3) is 11.5 Å². The van der Waals surface area contributed by atoms with Gasteiger partial charge in [-0.2, -0.15) is 0 Å². The fraction of sp³-hybridized carbons (Fsp3) is 0.0625. The summed E-state index contributed by atoms with van der Waals surface area (Å²) in [5, 5.41) is 10.7. The molecule has 2 aromatic carbocycles. The summed E-state index contributed by atoms with van der Waals surface area (Å²) in [6.45, 7) is 0. The van der Waals surface area contributed by atoms with Gasteiger partial charge in [0.15, 0.2) is 9.84 Å². The van der Waals surface area contributed by atoms with Crippen molar-refractivity contribution in [3.05, 3.63) is 59.1 Å². The largest absolute Gasteiger partial charge is 0.403 e. The van der Waals surface area contributed by atoms with Crippen LogP contribution in [0.15, 0.2) is 57.8 Å². The van der Waals surface area contributed by atoms with Gasteiger partial charge in [0.2, 0.25) is 5.89 Å². The minimum atomic E-state index is -3.32. The summed E-state index contributed by atoms with van der Waals surface area (Å²) in [4.78, 5) is 12.3. The van der Waals surface area contributed by atoms with E-state index < -0.39 is 15.7 Å². The highest BCUT2D eigenvalue weighted by Gasteiger charge is 2.14. The Balaban J connectivity index is 1.74. The van der Waals surface area contributed by atoms with Crippen LogP contribution in [0.5, 0.6) is 0 Å². The van der Waals surface area contributed by atoms with Crippen molar-refractivity contribution in [1.82, 2.24) is 10.2 Å². The third kappa shape index (κ3) is 4.04. The molecule has 25 heavy (non-hydrogen) atoms. The van der Waals surface area contributed by atoms with E-state index >= 15 is 0 Å². The second-order valence-corrected chi connectivity index (χ2v) is 7.62. The first-order valence-electron chi connectivity index (χ1n) is 7.04. The molecule has 1 heterocycles. The Kier molecular flexibility index (Phi) is 4.56. The number of amides is 1. The maximum absolute atomic E-state index is 12.2. The highest BCUT2D eigenvalue weighted by molar-refractivity contribution is 7.90. The number of anilines is 1. The van der Waals surface area contributed by atoms with Crippen molar-refractivity contribution in [3.63, 3.8) is 0 Å². The van der Waals surface area contributed by atoms with E-state index in [4.69, 9.17) is 16.0 Å². The Morgan fingerprint density at radius 2 is 1.68 bits per heavy atom. The molecule has 9 heteroatoms. The number of aromatic nitrogens is 2. The van der Waals surface area contributed by atoms with Crippen molar-refractivity contribution in [2.45, 2.75) is 4.90 Å². The van der Waals surface area contributed by atoms with Crippen LogP contribution < -0.4 is 5.32 Å². The fourth-order valence-corrected chi connectivity index (χ4v) is 2.76. The molecule has 0 aliphatic heterocycles. The number of rotatable bonds is 4. The molecule has 3 aromatic rings. The third-order valence-electron chi connectivity index (χ3n) is 3.28. The Morgan fingerprint density at radius 1 is 1.04 bits per heavy atom. The normalized spacial score (nSPS) is 11.3. The van der Waals surface area contributed by atoms with Crippen LogP contribution in [0.4, 0.5) is 6.01 Å². The van der Waals surface area contributed by atoms with E-state index in [-0.39, 0.29) is 22.4 Å². The highest BCUT2D eigenvalue weighted by Crippen LogP contribution is 2.22. The van der Waals surface area contributed by atoms with Gasteiger partial charge < -0.3 is 4.42 Å². The topological polar surface area (TPSA) is 102 Å². The number of hydrogen-bond donors (Lipinski definition) is 1. The lowest BCUT2D eigenvalue weighted by molar-refractivity contribution is 0.102. The number of nitrogens with zero attached hydrogens (tertiary/aromatic N) is 2. The predicted molar refractivity (Wildman–Crippen MR) is 92.2 cm³/mol. The molecule has 0 saturated carbocycles. The maximum Gasteiger partial charge on any atom is 0.322 e. The van der Waals surface area contributed by atoms with E-state index in [1.165, 1.54) is 24.3 Å². The molecule has 0 bridgehead atoms. The van der Waals surface area contributed by atoms with Crippen molar-refractivity contribution in [2.75, 3.05) is 11.6 Å². The zero-order valence-electron chi connectivity index (χ0n) is 12.9. The van der Waals surface area contributed by atoms with Crippen LogP contribution in [0, 0.1) is 0 Å². The van der Waals surface area contributed by atoms with Crippen molar-refractivity contribution in [1.29, 1.82) is 0 Å². The summed E-state index contributed by atoms with van der Waals surface area (Å²) in [5.41, 5.74) is 0.925. The lowest BCUT2D eigenvalue weighted by Crippen LogP contribution is -2.12. The van der Waals surface area contributed by atoms with Gasteiger partial charge in [-0.1, -0.05) is 16.7 Å². The lowest BCUT2D eigenvalue weighted by Gasteiger charge is -2.02. The summed E-state index contributed by atoms with van der Waals surface area (Å²) < 4.78 is 28.2. The fourth-order valence-electron chi connectivity index (χ4n) is 2.01. The lowest BCUT2D eigenvalue weighted by atomic mass is 10.2. The van der Waals surface area contributed by atoms with E-state index in [9.17, 15) is 13.2 Å². The number of benzene rings is 2. The van der Waals surface area contributed by atoms with E-state index in [1.807, 2.05) is 0 Å². The van der Waals surface area contributed by atoms with Gasteiger partial charge in [0.25, 0.3) is 5.91 Å². The number of hydrogen-bond acceptors (Lipinski definition) is 6. The number of nitrogens with one attached hydrogen (secondary N) is 1. The molecule has 0 radical (unpaired) electrons. The van der Waals surface area contributed by atoms with Crippen LogP contribution in [-0.2, 0) is 9.84 Å². The second-order valence-electron chi connectivity index (χ2n) is 5.17. The molecular formula is C16H12ClN3O4S. The molecule has 7 nitrogen and oxygen atoms in total. The number of sulfone groups is 1. The quantitative estimate of drug-likeness (QED) is 0.749.